The van der Waals surface area contributed by atoms with Crippen LogP contribution in [-0.4, -0.2) is 65.3 Å². The molecule has 0 amide bonds. The van der Waals surface area contributed by atoms with E-state index in [1.54, 1.807) is 6.07 Å². The van der Waals surface area contributed by atoms with E-state index in [1.807, 2.05) is 0 Å². The normalized spacial score (nSPS) is 22.9. The van der Waals surface area contributed by atoms with Gasteiger partial charge < -0.3 is 20.7 Å². The maximum absolute atomic E-state index is 17.0. The van der Waals surface area contributed by atoms with Gasteiger partial charge in [-0.3, -0.25) is 4.90 Å². The number of anilines is 2. The molecular formula is C33H34ClF2N7OS. The number of ether oxygens (including phenoxy) is 1. The number of nitrogen functional groups attached to an aromatic ring is 1. The molecule has 45 heavy (non-hydrogen) atoms. The number of rotatable bonds is 5. The molecule has 234 valence electrons. The molecular weight excluding hydrogens is 616 g/mol. The number of fused-ring (bicyclic) bond motifs is 3. The van der Waals surface area contributed by atoms with Gasteiger partial charge in [0.1, 0.15) is 34.8 Å². The number of halogens is 3. The number of benzene rings is 2. The summed E-state index contributed by atoms with van der Waals surface area (Å²) in [5.41, 5.74) is 6.58. The second kappa shape index (κ2) is 10.9. The van der Waals surface area contributed by atoms with Gasteiger partial charge >= 0.3 is 6.01 Å². The first-order chi connectivity index (χ1) is 21.8. The molecule has 6 heterocycles. The van der Waals surface area contributed by atoms with Gasteiger partial charge in [-0.2, -0.15) is 15.2 Å². The summed E-state index contributed by atoms with van der Waals surface area (Å²) in [6.07, 6.45) is 8.66. The third-order valence-electron chi connectivity index (χ3n) is 10.5. The highest BCUT2D eigenvalue weighted by Crippen LogP contribution is 2.46. The second-order valence-electron chi connectivity index (χ2n) is 13.1. The zero-order valence-electron chi connectivity index (χ0n) is 24.9. The Morgan fingerprint density at radius 2 is 1.87 bits per heavy atom. The van der Waals surface area contributed by atoms with Crippen molar-refractivity contribution in [2.75, 3.05) is 50.0 Å². The Hall–Kier alpha value is -3.30. The molecule has 3 N–H and O–H groups in total. The Labute approximate surface area is 269 Å². The Balaban J connectivity index is 1.29. The van der Waals surface area contributed by atoms with Crippen LogP contribution < -0.4 is 20.7 Å². The minimum atomic E-state index is -0.667. The van der Waals surface area contributed by atoms with Crippen molar-refractivity contribution in [3.63, 3.8) is 0 Å². The van der Waals surface area contributed by atoms with Crippen LogP contribution in [0.15, 0.2) is 18.2 Å². The van der Waals surface area contributed by atoms with Crippen molar-refractivity contribution in [3.8, 4) is 23.2 Å². The van der Waals surface area contributed by atoms with Gasteiger partial charge in [-0.1, -0.05) is 17.7 Å². The lowest BCUT2D eigenvalue weighted by molar-refractivity contribution is 0.108. The van der Waals surface area contributed by atoms with Crippen LogP contribution in [0.4, 0.5) is 19.6 Å². The van der Waals surface area contributed by atoms with E-state index < -0.39 is 11.6 Å². The van der Waals surface area contributed by atoms with Crippen molar-refractivity contribution in [1.29, 1.82) is 5.26 Å². The number of nitrogens with zero attached hydrogens (tertiary/aromatic N) is 5. The molecule has 4 aliphatic heterocycles. The zero-order valence-corrected chi connectivity index (χ0v) is 26.5. The topological polar surface area (TPSA) is 103 Å². The molecule has 8 rings (SSSR count). The minimum Gasteiger partial charge on any atom is -0.461 e. The molecule has 1 atom stereocenters. The molecule has 0 saturated carbocycles. The maximum Gasteiger partial charge on any atom is 0.319 e. The summed E-state index contributed by atoms with van der Waals surface area (Å²) in [5, 5.41) is 14.6. The number of hydrogen-bond acceptors (Lipinski definition) is 9. The quantitative estimate of drug-likeness (QED) is 0.249. The van der Waals surface area contributed by atoms with Crippen LogP contribution in [0.1, 0.15) is 56.9 Å². The predicted molar refractivity (Wildman–Crippen MR) is 174 cm³/mol. The van der Waals surface area contributed by atoms with Crippen LogP contribution in [0.2, 0.25) is 5.02 Å². The number of hydrogen-bond donors (Lipinski definition) is 2. The standard InChI is InChI=1S/C33H34ClF2N7OS/c34-22-15-20-27(26(36)25(22)19-5-6-23(35)28-24(19)21(16-37)29(38)45-28)40-31(44-18-33-9-3-13-43(33)14-4-10-33)41-30(20)42-12-2-8-32(17-42)7-1-11-39-32/h5-6,15,39H,1-4,7-14,17-18,38H2. The van der Waals surface area contributed by atoms with Crippen molar-refractivity contribution < 1.29 is 13.5 Å². The summed E-state index contributed by atoms with van der Waals surface area (Å²) in [6, 6.07) is 6.61. The van der Waals surface area contributed by atoms with E-state index in [0.29, 0.717) is 23.4 Å². The summed E-state index contributed by atoms with van der Waals surface area (Å²) in [5.74, 6) is -0.597. The third kappa shape index (κ3) is 4.63. The minimum absolute atomic E-state index is 0.00171. The second-order valence-corrected chi connectivity index (χ2v) is 14.5. The monoisotopic (exact) mass is 649 g/mol. The van der Waals surface area contributed by atoms with Crippen LogP contribution in [-0.2, 0) is 0 Å². The van der Waals surface area contributed by atoms with E-state index in [1.165, 1.54) is 12.1 Å². The summed E-state index contributed by atoms with van der Waals surface area (Å²) < 4.78 is 38.4. The molecule has 1 spiro atoms. The Bertz CT molecular complexity index is 1880. The Morgan fingerprint density at radius 3 is 2.62 bits per heavy atom. The average Bonchev–Trinajstić information content (AvgIpc) is 3.81. The van der Waals surface area contributed by atoms with Gasteiger partial charge in [0.05, 0.1) is 20.8 Å². The molecule has 0 aliphatic carbocycles. The Morgan fingerprint density at radius 1 is 1.09 bits per heavy atom. The van der Waals surface area contributed by atoms with Crippen LogP contribution in [0, 0.1) is 23.0 Å². The van der Waals surface area contributed by atoms with E-state index in [2.05, 4.69) is 26.2 Å². The van der Waals surface area contributed by atoms with Gasteiger partial charge in [-0.25, -0.2) is 8.78 Å². The van der Waals surface area contributed by atoms with E-state index in [4.69, 9.17) is 27.1 Å². The van der Waals surface area contributed by atoms with Gasteiger partial charge in [0.15, 0.2) is 5.82 Å². The van der Waals surface area contributed by atoms with Gasteiger partial charge in [0.2, 0.25) is 0 Å². The van der Waals surface area contributed by atoms with E-state index in [0.717, 1.165) is 95.4 Å². The molecule has 4 aliphatic rings. The van der Waals surface area contributed by atoms with Gasteiger partial charge in [-0.05, 0) is 88.7 Å². The van der Waals surface area contributed by atoms with Gasteiger partial charge in [0.25, 0.3) is 0 Å². The van der Waals surface area contributed by atoms with Crippen molar-refractivity contribution in [2.45, 2.75) is 62.4 Å². The summed E-state index contributed by atoms with van der Waals surface area (Å²) in [6.45, 7) is 5.08. The molecule has 2 aromatic carbocycles. The summed E-state index contributed by atoms with van der Waals surface area (Å²) >= 11 is 7.86. The van der Waals surface area contributed by atoms with E-state index >= 15 is 4.39 Å². The number of thiophene rings is 1. The zero-order chi connectivity index (χ0) is 30.9. The van der Waals surface area contributed by atoms with E-state index in [-0.39, 0.29) is 53.8 Å². The predicted octanol–water partition coefficient (Wildman–Crippen LogP) is 6.63. The summed E-state index contributed by atoms with van der Waals surface area (Å²) in [4.78, 5) is 14.3. The highest BCUT2D eigenvalue weighted by Gasteiger charge is 2.45. The Kier molecular flexibility index (Phi) is 7.06. The van der Waals surface area contributed by atoms with Gasteiger partial charge in [0, 0.05) is 35.0 Å². The fourth-order valence-electron chi connectivity index (χ4n) is 8.41. The summed E-state index contributed by atoms with van der Waals surface area (Å²) in [7, 11) is 0. The molecule has 1 unspecified atom stereocenters. The lowest BCUT2D eigenvalue weighted by Crippen LogP contribution is -2.54. The van der Waals surface area contributed by atoms with Crippen molar-refractivity contribution >= 4 is 54.7 Å². The number of nitriles is 1. The molecule has 4 saturated heterocycles. The molecule has 0 radical (unpaired) electrons. The largest absolute Gasteiger partial charge is 0.461 e. The molecule has 12 heteroatoms. The third-order valence-corrected chi connectivity index (χ3v) is 11.9. The highest BCUT2D eigenvalue weighted by atomic mass is 35.5. The number of aromatic nitrogens is 2. The number of nitrogens with two attached hydrogens (primary N) is 1. The van der Waals surface area contributed by atoms with Gasteiger partial charge in [-0.15, -0.1) is 11.3 Å². The van der Waals surface area contributed by atoms with Crippen LogP contribution in [0.3, 0.4) is 0 Å². The fraction of sp³-hybridized carbons (Fsp3) is 0.485. The average molecular weight is 650 g/mol. The molecule has 4 aromatic rings. The van der Waals surface area contributed by atoms with E-state index in [9.17, 15) is 9.65 Å². The smallest absolute Gasteiger partial charge is 0.319 e. The van der Waals surface area contributed by atoms with Crippen molar-refractivity contribution in [3.05, 3.63) is 40.4 Å². The maximum atomic E-state index is 17.0. The van der Waals surface area contributed by atoms with Crippen LogP contribution in [0.5, 0.6) is 6.01 Å². The first-order valence-electron chi connectivity index (χ1n) is 15.8. The fourth-order valence-corrected chi connectivity index (χ4v) is 9.65. The van der Waals surface area contributed by atoms with Crippen LogP contribution in [0.25, 0.3) is 32.1 Å². The first kappa shape index (κ1) is 29.1. The highest BCUT2D eigenvalue weighted by molar-refractivity contribution is 7.23. The lowest BCUT2D eigenvalue weighted by atomic mass is 9.87. The molecule has 8 nitrogen and oxygen atoms in total. The molecule has 4 fully saturated rings. The number of nitrogens with one attached hydrogen (secondary N) is 1. The molecule has 0 bridgehead atoms. The molecule has 2 aromatic heterocycles. The van der Waals surface area contributed by atoms with Crippen LogP contribution >= 0.6 is 22.9 Å². The first-order valence-corrected chi connectivity index (χ1v) is 17.0. The SMILES string of the molecule is N#Cc1c(N)sc2c(F)ccc(-c3c(Cl)cc4c(N5CCCC6(CCCN6)C5)nc(OCC56CCCN5CCC6)nc4c3F)c12. The van der Waals surface area contributed by atoms with Crippen molar-refractivity contribution in [1.82, 2.24) is 20.2 Å². The number of piperidine rings is 1. The lowest BCUT2D eigenvalue weighted by Gasteiger charge is -2.41. The van der Waals surface area contributed by atoms with Crippen molar-refractivity contribution in [2.24, 2.45) is 0 Å².